The quantitative estimate of drug-likeness (QED) is 0.617. The molecular weight excluding hydrogens is 364 g/mol. The largest absolute Gasteiger partial charge is 0.506 e. The van der Waals surface area contributed by atoms with Gasteiger partial charge in [-0.25, -0.2) is 4.99 Å². The van der Waals surface area contributed by atoms with Gasteiger partial charge in [-0.3, -0.25) is 0 Å². The van der Waals surface area contributed by atoms with Crippen molar-refractivity contribution in [1.29, 1.82) is 10.5 Å². The van der Waals surface area contributed by atoms with E-state index < -0.39 is 0 Å². The summed E-state index contributed by atoms with van der Waals surface area (Å²) in [4.78, 5) is 3.82. The molecule has 7 heteroatoms. The van der Waals surface area contributed by atoms with Crippen LogP contribution in [0.3, 0.4) is 0 Å². The SMILES string of the molecule is N#C/C(N)=C(\C#N)N=Cc1cc(Br)c(O)c(Br)c1. The van der Waals surface area contributed by atoms with E-state index in [0.29, 0.717) is 14.5 Å². The molecule has 0 bridgehead atoms. The highest BCUT2D eigenvalue weighted by Gasteiger charge is 2.05. The van der Waals surface area contributed by atoms with Crippen LogP contribution >= 0.6 is 31.9 Å². The van der Waals surface area contributed by atoms with Gasteiger partial charge in [-0.2, -0.15) is 10.5 Å². The zero-order chi connectivity index (χ0) is 13.7. The molecule has 0 radical (unpaired) electrons. The van der Waals surface area contributed by atoms with E-state index in [1.807, 2.05) is 0 Å². The van der Waals surface area contributed by atoms with Gasteiger partial charge in [0, 0.05) is 6.21 Å². The van der Waals surface area contributed by atoms with Crippen LogP contribution in [-0.4, -0.2) is 11.3 Å². The lowest BCUT2D eigenvalue weighted by Gasteiger charge is -2.01. The Bertz CT molecular complexity index is 600. The molecule has 0 saturated heterocycles. The highest BCUT2D eigenvalue weighted by Crippen LogP contribution is 2.32. The van der Waals surface area contributed by atoms with Gasteiger partial charge in [0.15, 0.2) is 5.70 Å². The van der Waals surface area contributed by atoms with Gasteiger partial charge < -0.3 is 10.8 Å². The van der Waals surface area contributed by atoms with Gasteiger partial charge in [0.05, 0.1) is 8.95 Å². The van der Waals surface area contributed by atoms with E-state index in [1.54, 1.807) is 24.3 Å². The minimum atomic E-state index is -0.245. The normalized spacial score (nSPS) is 11.8. The second-order valence-corrected chi connectivity index (χ2v) is 4.79. The van der Waals surface area contributed by atoms with Crippen LogP contribution in [-0.2, 0) is 0 Å². The molecule has 0 heterocycles. The van der Waals surface area contributed by atoms with E-state index in [4.69, 9.17) is 16.3 Å². The second-order valence-electron chi connectivity index (χ2n) is 3.08. The molecule has 0 aliphatic rings. The highest BCUT2D eigenvalue weighted by atomic mass is 79.9. The minimum absolute atomic E-state index is 0.0692. The molecule has 0 spiro atoms. The summed E-state index contributed by atoms with van der Waals surface area (Å²) < 4.78 is 0.961. The van der Waals surface area contributed by atoms with Crippen LogP contribution in [0.15, 0.2) is 37.5 Å². The fourth-order valence-corrected chi connectivity index (χ4v) is 2.23. The van der Waals surface area contributed by atoms with Crippen molar-refractivity contribution in [3.05, 3.63) is 38.0 Å². The number of rotatable bonds is 2. The smallest absolute Gasteiger partial charge is 0.174 e. The van der Waals surface area contributed by atoms with Crippen LogP contribution in [0.1, 0.15) is 5.56 Å². The molecule has 0 fully saturated rings. The molecule has 1 aromatic carbocycles. The van der Waals surface area contributed by atoms with Gasteiger partial charge in [-0.05, 0) is 49.6 Å². The lowest BCUT2D eigenvalue weighted by atomic mass is 10.2. The van der Waals surface area contributed by atoms with Crippen molar-refractivity contribution >= 4 is 38.1 Å². The Morgan fingerprint density at radius 2 is 1.83 bits per heavy atom. The molecule has 3 N–H and O–H groups in total. The predicted molar refractivity (Wildman–Crippen MR) is 73.5 cm³/mol. The molecule has 1 aromatic rings. The van der Waals surface area contributed by atoms with Crippen molar-refractivity contribution in [3.8, 4) is 17.9 Å². The van der Waals surface area contributed by atoms with Gasteiger partial charge in [0.25, 0.3) is 0 Å². The Balaban J connectivity index is 3.14. The molecule has 0 aliphatic carbocycles. The number of phenolic OH excluding ortho intramolecular Hbond substituents is 1. The maximum absolute atomic E-state index is 9.52. The fraction of sp³-hybridized carbons (Fsp3) is 0. The third kappa shape index (κ3) is 3.33. The number of phenols is 1. The van der Waals surface area contributed by atoms with Crippen LogP contribution < -0.4 is 5.73 Å². The predicted octanol–water partition coefficient (Wildman–Crippen LogP) is 2.55. The fourth-order valence-electron chi connectivity index (χ4n) is 1.01. The minimum Gasteiger partial charge on any atom is -0.506 e. The number of hydrogen-bond acceptors (Lipinski definition) is 5. The summed E-state index contributed by atoms with van der Waals surface area (Å²) in [5.74, 6) is 0.0692. The number of nitrogens with two attached hydrogens (primary N) is 1. The van der Waals surface area contributed by atoms with E-state index in [2.05, 4.69) is 36.9 Å². The van der Waals surface area contributed by atoms with Crippen molar-refractivity contribution in [2.24, 2.45) is 10.7 Å². The van der Waals surface area contributed by atoms with Gasteiger partial charge in [-0.1, -0.05) is 0 Å². The lowest BCUT2D eigenvalue weighted by molar-refractivity contribution is 0.468. The number of aromatic hydroxyl groups is 1. The zero-order valence-electron chi connectivity index (χ0n) is 8.85. The summed E-state index contributed by atoms with van der Waals surface area (Å²) in [7, 11) is 0. The van der Waals surface area contributed by atoms with Crippen molar-refractivity contribution in [2.75, 3.05) is 0 Å². The van der Waals surface area contributed by atoms with E-state index in [0.717, 1.165) is 0 Å². The summed E-state index contributed by atoms with van der Waals surface area (Å²) in [5.41, 5.74) is 5.53. The number of nitriles is 2. The third-order valence-electron chi connectivity index (χ3n) is 1.86. The van der Waals surface area contributed by atoms with Crippen molar-refractivity contribution < 1.29 is 5.11 Å². The molecule has 90 valence electrons. The van der Waals surface area contributed by atoms with Crippen molar-refractivity contribution in [1.82, 2.24) is 0 Å². The highest BCUT2D eigenvalue weighted by molar-refractivity contribution is 9.11. The number of allylic oxidation sites excluding steroid dienone is 2. The molecule has 0 amide bonds. The molecule has 5 nitrogen and oxygen atoms in total. The summed E-state index contributed by atoms with van der Waals surface area (Å²) in [6.45, 7) is 0. The number of aliphatic imine (C=N–C) groups is 1. The average Bonchev–Trinajstić information content (AvgIpc) is 2.36. The first-order valence-electron chi connectivity index (χ1n) is 4.51. The van der Waals surface area contributed by atoms with Crippen LogP contribution in [0.4, 0.5) is 0 Å². The molecule has 0 unspecified atom stereocenters. The number of hydrogen-bond donors (Lipinski definition) is 2. The summed E-state index contributed by atoms with van der Waals surface area (Å²) in [6.07, 6.45) is 1.37. The number of benzene rings is 1. The van der Waals surface area contributed by atoms with E-state index in [9.17, 15) is 5.11 Å². The first kappa shape index (κ1) is 14.2. The molecule has 0 atom stereocenters. The third-order valence-corrected chi connectivity index (χ3v) is 3.07. The Morgan fingerprint density at radius 1 is 1.28 bits per heavy atom. The molecule has 1 rings (SSSR count). The van der Waals surface area contributed by atoms with Gasteiger partial charge in [0.1, 0.15) is 23.6 Å². The maximum Gasteiger partial charge on any atom is 0.174 e. The summed E-state index contributed by atoms with van der Waals surface area (Å²) >= 11 is 6.34. The maximum atomic E-state index is 9.52. The van der Waals surface area contributed by atoms with Crippen LogP contribution in [0.2, 0.25) is 0 Å². The van der Waals surface area contributed by atoms with Gasteiger partial charge >= 0.3 is 0 Å². The molecule has 18 heavy (non-hydrogen) atoms. The van der Waals surface area contributed by atoms with Crippen molar-refractivity contribution in [2.45, 2.75) is 0 Å². The summed E-state index contributed by atoms with van der Waals surface area (Å²) in [6, 6.07) is 6.60. The van der Waals surface area contributed by atoms with Crippen LogP contribution in [0.25, 0.3) is 0 Å². The monoisotopic (exact) mass is 368 g/mol. The van der Waals surface area contributed by atoms with Crippen LogP contribution in [0.5, 0.6) is 5.75 Å². The molecular formula is C11H6Br2N4O. The average molecular weight is 370 g/mol. The first-order chi connectivity index (χ1) is 8.49. The molecule has 0 saturated carbocycles. The first-order valence-corrected chi connectivity index (χ1v) is 6.10. The van der Waals surface area contributed by atoms with E-state index >= 15 is 0 Å². The van der Waals surface area contributed by atoms with E-state index in [1.165, 1.54) is 6.21 Å². The Labute approximate surface area is 120 Å². The Hall–Kier alpha value is -1.83. The van der Waals surface area contributed by atoms with Crippen molar-refractivity contribution in [3.63, 3.8) is 0 Å². The van der Waals surface area contributed by atoms with Gasteiger partial charge in [0.2, 0.25) is 0 Å². The zero-order valence-corrected chi connectivity index (χ0v) is 12.0. The lowest BCUT2D eigenvalue weighted by Crippen LogP contribution is -1.97. The molecule has 0 aromatic heterocycles. The Morgan fingerprint density at radius 3 is 2.28 bits per heavy atom. The topological polar surface area (TPSA) is 106 Å². The Kier molecular flexibility index (Phi) is 4.90. The van der Waals surface area contributed by atoms with Gasteiger partial charge in [-0.15, -0.1) is 0 Å². The summed E-state index contributed by atoms with van der Waals surface area (Å²) in [5, 5.41) is 26.8. The number of nitrogens with zero attached hydrogens (tertiary/aromatic N) is 3. The second kappa shape index (κ2) is 6.20. The van der Waals surface area contributed by atoms with Crippen LogP contribution in [0, 0.1) is 22.7 Å². The molecule has 0 aliphatic heterocycles. The number of halogens is 2. The van der Waals surface area contributed by atoms with E-state index in [-0.39, 0.29) is 17.1 Å². The standard InChI is InChI=1S/C11H6Br2N4O/c12-7-1-6(2-8(13)11(7)18)5-17-10(4-15)9(16)3-14/h1-2,5,18H,16H2/b10-9-,17-5?.